The highest BCUT2D eigenvalue weighted by Crippen LogP contribution is 2.55. The van der Waals surface area contributed by atoms with Crippen LogP contribution in [0.25, 0.3) is 0 Å². The van der Waals surface area contributed by atoms with Gasteiger partial charge < -0.3 is 10.8 Å². The van der Waals surface area contributed by atoms with Crippen LogP contribution in [0.15, 0.2) is 0 Å². The lowest BCUT2D eigenvalue weighted by atomic mass is 9.55. The van der Waals surface area contributed by atoms with E-state index in [2.05, 4.69) is 27.7 Å². The Hall–Kier alpha value is -0.0800. The fourth-order valence-corrected chi connectivity index (χ4v) is 4.89. The first-order valence-electron chi connectivity index (χ1n) is 7.09. The fraction of sp³-hybridized carbons (Fsp3) is 1.00. The van der Waals surface area contributed by atoms with Crippen molar-refractivity contribution in [1.29, 1.82) is 0 Å². The van der Waals surface area contributed by atoms with Gasteiger partial charge in [0.15, 0.2) is 0 Å². The Balaban J connectivity index is 2.30. The highest BCUT2D eigenvalue weighted by atomic mass is 16.3. The smallest absolute Gasteiger partial charge is 0.0836 e. The second-order valence-corrected chi connectivity index (χ2v) is 8.25. The fourth-order valence-electron chi connectivity index (χ4n) is 4.89. The molecule has 2 heteroatoms. The minimum Gasteiger partial charge on any atom is -0.388 e. The molecule has 0 aromatic heterocycles. The van der Waals surface area contributed by atoms with Gasteiger partial charge in [0.05, 0.1) is 5.60 Å². The molecule has 0 aliphatic heterocycles. The first-order chi connectivity index (χ1) is 7.58. The topological polar surface area (TPSA) is 46.2 Å². The summed E-state index contributed by atoms with van der Waals surface area (Å²) >= 11 is 0. The highest BCUT2D eigenvalue weighted by molar-refractivity contribution is 5.12. The Labute approximate surface area is 106 Å². The highest BCUT2D eigenvalue weighted by Gasteiger charge is 2.56. The summed E-state index contributed by atoms with van der Waals surface area (Å²) in [6.07, 6.45) is 7.25. The van der Waals surface area contributed by atoms with Crippen molar-refractivity contribution < 1.29 is 5.11 Å². The van der Waals surface area contributed by atoms with Crippen molar-refractivity contribution in [3.8, 4) is 0 Å². The van der Waals surface area contributed by atoms with Crippen molar-refractivity contribution in [3.05, 3.63) is 0 Å². The molecule has 2 rings (SSSR count). The van der Waals surface area contributed by atoms with Crippen LogP contribution in [-0.2, 0) is 0 Å². The van der Waals surface area contributed by atoms with Crippen LogP contribution in [0, 0.1) is 10.8 Å². The predicted molar refractivity (Wildman–Crippen MR) is 71.7 cm³/mol. The van der Waals surface area contributed by atoms with Crippen molar-refractivity contribution >= 4 is 0 Å². The standard InChI is InChI=1S/C15H29NO/c1-12(2)9-13(3,4)11-15(17,10-12)14(16)7-5-6-8-14/h17H,5-11,16H2,1-4H3. The van der Waals surface area contributed by atoms with E-state index in [1.165, 1.54) is 19.3 Å². The van der Waals surface area contributed by atoms with Crippen molar-refractivity contribution in [2.24, 2.45) is 16.6 Å². The second kappa shape index (κ2) is 3.71. The molecule has 0 aromatic carbocycles. The van der Waals surface area contributed by atoms with Crippen LogP contribution >= 0.6 is 0 Å². The van der Waals surface area contributed by atoms with Gasteiger partial charge in [-0.15, -0.1) is 0 Å². The van der Waals surface area contributed by atoms with E-state index in [4.69, 9.17) is 5.73 Å². The molecule has 2 aliphatic carbocycles. The van der Waals surface area contributed by atoms with Gasteiger partial charge >= 0.3 is 0 Å². The summed E-state index contributed by atoms with van der Waals surface area (Å²) in [7, 11) is 0. The van der Waals surface area contributed by atoms with E-state index >= 15 is 0 Å². The molecule has 0 spiro atoms. The van der Waals surface area contributed by atoms with Crippen molar-refractivity contribution in [2.75, 3.05) is 0 Å². The largest absolute Gasteiger partial charge is 0.388 e. The molecule has 0 saturated heterocycles. The Morgan fingerprint density at radius 1 is 0.824 bits per heavy atom. The molecule has 0 atom stereocenters. The Morgan fingerprint density at radius 3 is 1.65 bits per heavy atom. The summed E-state index contributed by atoms with van der Waals surface area (Å²) < 4.78 is 0. The van der Waals surface area contributed by atoms with Crippen LogP contribution in [0.1, 0.15) is 72.6 Å². The molecule has 2 aliphatic rings. The number of aliphatic hydroxyl groups is 1. The van der Waals surface area contributed by atoms with Gasteiger partial charge in [0.25, 0.3) is 0 Å². The van der Waals surface area contributed by atoms with E-state index in [1.807, 2.05) is 0 Å². The third kappa shape index (κ3) is 2.39. The monoisotopic (exact) mass is 239 g/mol. The third-order valence-electron chi connectivity index (χ3n) is 4.92. The molecule has 0 unspecified atom stereocenters. The van der Waals surface area contributed by atoms with E-state index in [0.717, 1.165) is 25.7 Å². The lowest BCUT2D eigenvalue weighted by molar-refractivity contribution is -0.130. The Kier molecular flexibility index (Phi) is 2.91. The molecule has 17 heavy (non-hydrogen) atoms. The predicted octanol–water partition coefficient (Wildman–Crippen LogP) is 3.23. The molecular weight excluding hydrogens is 210 g/mol. The molecule has 3 N–H and O–H groups in total. The number of nitrogens with two attached hydrogens (primary N) is 1. The average molecular weight is 239 g/mol. The summed E-state index contributed by atoms with van der Waals surface area (Å²) in [5.74, 6) is 0. The third-order valence-corrected chi connectivity index (χ3v) is 4.92. The summed E-state index contributed by atoms with van der Waals surface area (Å²) in [5.41, 5.74) is 5.97. The summed E-state index contributed by atoms with van der Waals surface area (Å²) in [4.78, 5) is 0. The molecule has 2 nitrogen and oxygen atoms in total. The normalized spacial score (nSPS) is 33.5. The number of hydrogen-bond acceptors (Lipinski definition) is 2. The van der Waals surface area contributed by atoms with Crippen LogP contribution in [0.3, 0.4) is 0 Å². The molecule has 2 saturated carbocycles. The zero-order valence-electron chi connectivity index (χ0n) is 12.0. The quantitative estimate of drug-likeness (QED) is 0.738. The van der Waals surface area contributed by atoms with E-state index in [0.29, 0.717) is 0 Å². The van der Waals surface area contributed by atoms with Crippen molar-refractivity contribution in [2.45, 2.75) is 83.8 Å². The zero-order valence-corrected chi connectivity index (χ0v) is 12.0. The SMILES string of the molecule is CC1(C)CC(C)(C)CC(O)(C2(N)CCCC2)C1. The molecule has 0 amide bonds. The van der Waals surface area contributed by atoms with Gasteiger partial charge in [-0.05, 0) is 42.9 Å². The van der Waals surface area contributed by atoms with E-state index in [1.54, 1.807) is 0 Å². The van der Waals surface area contributed by atoms with Crippen LogP contribution in [0.5, 0.6) is 0 Å². The van der Waals surface area contributed by atoms with Gasteiger partial charge in [-0.25, -0.2) is 0 Å². The second-order valence-electron chi connectivity index (χ2n) is 8.25. The molecule has 0 aromatic rings. The maximum Gasteiger partial charge on any atom is 0.0836 e. The molecule has 0 radical (unpaired) electrons. The van der Waals surface area contributed by atoms with E-state index < -0.39 is 5.60 Å². The summed E-state index contributed by atoms with van der Waals surface area (Å²) in [5, 5.41) is 11.2. The van der Waals surface area contributed by atoms with Gasteiger partial charge in [-0.1, -0.05) is 40.5 Å². The molecule has 100 valence electrons. The maximum absolute atomic E-state index is 11.2. The lowest BCUT2D eigenvalue weighted by Gasteiger charge is -2.55. The van der Waals surface area contributed by atoms with Gasteiger partial charge in [0, 0.05) is 5.54 Å². The number of rotatable bonds is 1. The molecule has 0 bridgehead atoms. The van der Waals surface area contributed by atoms with E-state index in [-0.39, 0.29) is 16.4 Å². The maximum atomic E-state index is 11.2. The first-order valence-corrected chi connectivity index (χ1v) is 7.09. The van der Waals surface area contributed by atoms with Crippen LogP contribution in [0.4, 0.5) is 0 Å². The zero-order chi connectivity index (χ0) is 12.9. The molecular formula is C15H29NO. The summed E-state index contributed by atoms with van der Waals surface area (Å²) in [6, 6.07) is 0. The van der Waals surface area contributed by atoms with Crippen LogP contribution < -0.4 is 5.73 Å². The summed E-state index contributed by atoms with van der Waals surface area (Å²) in [6.45, 7) is 9.10. The Bertz CT molecular complexity index is 284. The van der Waals surface area contributed by atoms with E-state index in [9.17, 15) is 5.11 Å². The van der Waals surface area contributed by atoms with Gasteiger partial charge in [-0.3, -0.25) is 0 Å². The van der Waals surface area contributed by atoms with Crippen molar-refractivity contribution in [1.82, 2.24) is 0 Å². The minimum absolute atomic E-state index is 0.200. The molecule has 0 heterocycles. The van der Waals surface area contributed by atoms with Gasteiger partial charge in [0.2, 0.25) is 0 Å². The van der Waals surface area contributed by atoms with Gasteiger partial charge in [-0.2, -0.15) is 0 Å². The van der Waals surface area contributed by atoms with Crippen molar-refractivity contribution in [3.63, 3.8) is 0 Å². The lowest BCUT2D eigenvalue weighted by Crippen LogP contribution is -2.64. The number of hydrogen-bond donors (Lipinski definition) is 2. The van der Waals surface area contributed by atoms with Crippen LogP contribution in [-0.4, -0.2) is 16.2 Å². The minimum atomic E-state index is -0.658. The Morgan fingerprint density at radius 2 is 1.24 bits per heavy atom. The van der Waals surface area contributed by atoms with Crippen LogP contribution in [0.2, 0.25) is 0 Å². The average Bonchev–Trinajstić information content (AvgIpc) is 2.46. The first kappa shape index (κ1) is 13.4. The molecule has 2 fully saturated rings. The van der Waals surface area contributed by atoms with Gasteiger partial charge in [0.1, 0.15) is 0 Å².